The Morgan fingerprint density at radius 1 is 1.21 bits per heavy atom. The second-order valence-electron chi connectivity index (χ2n) is 5.94. The van der Waals surface area contributed by atoms with Crippen LogP contribution in [0.15, 0.2) is 47.1 Å². The fourth-order valence-electron chi connectivity index (χ4n) is 2.44. The summed E-state index contributed by atoms with van der Waals surface area (Å²) in [5.74, 6) is -1.03. The summed E-state index contributed by atoms with van der Waals surface area (Å²) >= 11 is 2.68. The molecule has 2 aromatic heterocycles. The largest absolute Gasteiger partial charge is 0.418 e. The Kier molecular flexibility index (Phi) is 6.38. The van der Waals surface area contributed by atoms with Crippen molar-refractivity contribution in [3.8, 4) is 0 Å². The van der Waals surface area contributed by atoms with Gasteiger partial charge >= 0.3 is 6.18 Å². The fourth-order valence-corrected chi connectivity index (χ4v) is 4.33. The quantitative estimate of drug-likeness (QED) is 0.465. The Morgan fingerprint density at radius 2 is 1.97 bits per heavy atom. The number of anilines is 1. The monoisotopic (exact) mass is 440 g/mol. The van der Waals surface area contributed by atoms with Crippen LogP contribution in [0.5, 0.6) is 0 Å². The van der Waals surface area contributed by atoms with Crippen LogP contribution in [0.1, 0.15) is 5.56 Å². The first kappa shape index (κ1) is 21.1. The molecular weight excluding hydrogens is 425 g/mol. The molecule has 0 aliphatic carbocycles. The molecule has 0 bridgehead atoms. The van der Waals surface area contributed by atoms with Gasteiger partial charge in [0.1, 0.15) is 11.4 Å². The minimum atomic E-state index is -4.59. The molecule has 2 heterocycles. The molecule has 0 saturated carbocycles. The molecule has 29 heavy (non-hydrogen) atoms. The topological polar surface area (TPSA) is 75.2 Å². The highest BCUT2D eigenvalue weighted by Crippen LogP contribution is 2.34. The molecule has 6 nitrogen and oxygen atoms in total. The zero-order valence-corrected chi connectivity index (χ0v) is 16.7. The zero-order valence-electron chi connectivity index (χ0n) is 15.1. The van der Waals surface area contributed by atoms with E-state index in [1.165, 1.54) is 54.7 Å². The number of thioether (sulfide) groups is 1. The van der Waals surface area contributed by atoms with Crippen LogP contribution in [-0.4, -0.2) is 46.0 Å². The maximum atomic E-state index is 13.0. The molecule has 0 saturated heterocycles. The Bertz CT molecular complexity index is 1040. The molecule has 0 atom stereocenters. The molecule has 1 N–H and O–H groups in total. The number of benzene rings is 1. The van der Waals surface area contributed by atoms with Crippen molar-refractivity contribution < 1.29 is 22.8 Å². The standard InChI is InChI=1S/C18H15F3N4O2S2/c1-25(8-14(26)24-12-5-3-2-4-11(12)18(19,20)21)15(27)9-29-17-16-13(6-7-28-16)22-10-23-17/h2-7,10H,8-9H2,1H3,(H,24,26). The van der Waals surface area contributed by atoms with Gasteiger partial charge < -0.3 is 10.2 Å². The molecule has 3 rings (SSSR count). The first-order chi connectivity index (χ1) is 13.8. The summed E-state index contributed by atoms with van der Waals surface area (Å²) < 4.78 is 39.9. The number of fused-ring (bicyclic) bond motifs is 1. The number of amides is 2. The fraction of sp³-hybridized carbons (Fsp3) is 0.222. The SMILES string of the molecule is CN(CC(=O)Nc1ccccc1C(F)(F)F)C(=O)CSc1ncnc2ccsc12. The van der Waals surface area contributed by atoms with E-state index >= 15 is 0 Å². The van der Waals surface area contributed by atoms with E-state index in [-0.39, 0.29) is 23.9 Å². The number of nitrogens with one attached hydrogen (secondary N) is 1. The predicted octanol–water partition coefficient (Wildman–Crippen LogP) is 3.90. The summed E-state index contributed by atoms with van der Waals surface area (Å²) in [5, 5.41) is 4.76. The maximum absolute atomic E-state index is 13.0. The average Bonchev–Trinajstić information content (AvgIpc) is 3.14. The molecule has 152 valence electrons. The number of alkyl halides is 3. The van der Waals surface area contributed by atoms with Gasteiger partial charge in [-0.3, -0.25) is 9.59 Å². The minimum Gasteiger partial charge on any atom is -0.336 e. The highest BCUT2D eigenvalue weighted by Gasteiger charge is 2.33. The van der Waals surface area contributed by atoms with Gasteiger partial charge in [0, 0.05) is 7.05 Å². The molecule has 0 spiro atoms. The molecule has 11 heteroatoms. The average molecular weight is 440 g/mol. The third-order valence-electron chi connectivity index (χ3n) is 3.86. The van der Waals surface area contributed by atoms with Crippen molar-refractivity contribution in [1.82, 2.24) is 14.9 Å². The van der Waals surface area contributed by atoms with Gasteiger partial charge in [-0.05, 0) is 23.6 Å². The Hall–Kier alpha value is -2.66. The van der Waals surface area contributed by atoms with E-state index in [1.54, 1.807) is 0 Å². The van der Waals surface area contributed by atoms with E-state index < -0.39 is 17.6 Å². The number of hydrogen-bond acceptors (Lipinski definition) is 6. The summed E-state index contributed by atoms with van der Waals surface area (Å²) in [5.41, 5.74) is -0.501. The van der Waals surface area contributed by atoms with Crippen LogP contribution in [0, 0.1) is 0 Å². The van der Waals surface area contributed by atoms with Crippen LogP contribution < -0.4 is 5.32 Å². The molecule has 2 amide bonds. The van der Waals surface area contributed by atoms with Gasteiger partial charge in [0.2, 0.25) is 11.8 Å². The van der Waals surface area contributed by atoms with E-state index in [0.29, 0.717) is 5.03 Å². The lowest BCUT2D eigenvalue weighted by Crippen LogP contribution is -2.36. The van der Waals surface area contributed by atoms with Crippen molar-refractivity contribution in [2.24, 2.45) is 0 Å². The van der Waals surface area contributed by atoms with E-state index in [1.807, 2.05) is 11.4 Å². The van der Waals surface area contributed by atoms with Crippen molar-refractivity contribution in [2.45, 2.75) is 11.2 Å². The van der Waals surface area contributed by atoms with Crippen LogP contribution in [0.2, 0.25) is 0 Å². The van der Waals surface area contributed by atoms with E-state index in [0.717, 1.165) is 21.2 Å². The van der Waals surface area contributed by atoms with E-state index in [4.69, 9.17) is 0 Å². The number of carbonyl (C=O) groups excluding carboxylic acids is 2. The first-order valence-corrected chi connectivity index (χ1v) is 10.1. The molecule has 0 aliphatic rings. The number of aromatic nitrogens is 2. The number of rotatable bonds is 6. The lowest BCUT2D eigenvalue weighted by Gasteiger charge is -2.18. The summed E-state index contributed by atoms with van der Waals surface area (Å²) in [6, 6.07) is 6.53. The molecule has 0 radical (unpaired) electrons. The summed E-state index contributed by atoms with van der Waals surface area (Å²) in [6.07, 6.45) is -3.18. The van der Waals surface area contributed by atoms with Gasteiger partial charge in [-0.2, -0.15) is 13.2 Å². The van der Waals surface area contributed by atoms with Gasteiger partial charge in [0.05, 0.1) is 33.8 Å². The second-order valence-corrected chi connectivity index (χ2v) is 7.82. The summed E-state index contributed by atoms with van der Waals surface area (Å²) in [4.78, 5) is 33.9. The smallest absolute Gasteiger partial charge is 0.336 e. The number of hydrogen-bond donors (Lipinski definition) is 1. The van der Waals surface area contributed by atoms with Crippen LogP contribution in [0.4, 0.5) is 18.9 Å². The lowest BCUT2D eigenvalue weighted by atomic mass is 10.1. The minimum absolute atomic E-state index is 0.0347. The number of nitrogens with zero attached hydrogens (tertiary/aromatic N) is 3. The Morgan fingerprint density at radius 3 is 2.72 bits per heavy atom. The molecule has 3 aromatic rings. The number of para-hydroxylation sites is 1. The number of halogens is 3. The van der Waals surface area contributed by atoms with Gasteiger partial charge in [0.15, 0.2) is 0 Å². The van der Waals surface area contributed by atoms with Gasteiger partial charge in [-0.15, -0.1) is 11.3 Å². The normalized spacial score (nSPS) is 11.4. The third-order valence-corrected chi connectivity index (χ3v) is 5.87. The second kappa shape index (κ2) is 8.78. The molecule has 0 unspecified atom stereocenters. The maximum Gasteiger partial charge on any atom is 0.418 e. The third kappa shape index (κ3) is 5.24. The summed E-state index contributed by atoms with van der Waals surface area (Å²) in [7, 11) is 1.42. The van der Waals surface area contributed by atoms with Crippen LogP contribution in [0.3, 0.4) is 0 Å². The zero-order chi connectivity index (χ0) is 21.0. The first-order valence-electron chi connectivity index (χ1n) is 8.26. The molecular formula is C18H15F3N4O2S2. The van der Waals surface area contributed by atoms with Crippen molar-refractivity contribution in [3.63, 3.8) is 0 Å². The Balaban J connectivity index is 1.57. The summed E-state index contributed by atoms with van der Waals surface area (Å²) in [6.45, 7) is -0.371. The van der Waals surface area contributed by atoms with Crippen LogP contribution in [0.25, 0.3) is 10.2 Å². The molecule has 1 aromatic carbocycles. The highest BCUT2D eigenvalue weighted by molar-refractivity contribution is 8.00. The number of carbonyl (C=O) groups is 2. The van der Waals surface area contributed by atoms with Crippen molar-refractivity contribution in [1.29, 1.82) is 0 Å². The lowest BCUT2D eigenvalue weighted by molar-refractivity contribution is -0.137. The van der Waals surface area contributed by atoms with Crippen molar-refractivity contribution in [2.75, 3.05) is 24.7 Å². The van der Waals surface area contributed by atoms with Crippen molar-refractivity contribution >= 4 is 50.8 Å². The molecule has 0 aliphatic heterocycles. The number of likely N-dealkylation sites (N-methyl/N-ethyl adjacent to an activating group) is 1. The Labute approximate surface area is 172 Å². The van der Waals surface area contributed by atoms with Crippen LogP contribution in [-0.2, 0) is 15.8 Å². The molecule has 0 fully saturated rings. The highest BCUT2D eigenvalue weighted by atomic mass is 32.2. The van der Waals surface area contributed by atoms with Gasteiger partial charge in [-0.1, -0.05) is 23.9 Å². The van der Waals surface area contributed by atoms with E-state index in [2.05, 4.69) is 15.3 Å². The van der Waals surface area contributed by atoms with Gasteiger partial charge in [0.25, 0.3) is 0 Å². The van der Waals surface area contributed by atoms with Crippen molar-refractivity contribution in [3.05, 3.63) is 47.6 Å². The predicted molar refractivity (Wildman–Crippen MR) is 106 cm³/mol. The van der Waals surface area contributed by atoms with Crippen LogP contribution >= 0.6 is 23.1 Å². The van der Waals surface area contributed by atoms with Gasteiger partial charge in [-0.25, -0.2) is 9.97 Å². The number of thiophene rings is 1. The van der Waals surface area contributed by atoms with E-state index in [9.17, 15) is 22.8 Å².